The smallest absolute Gasteiger partial charge is 0.339 e. The number of urea groups is 1. The number of carbonyl (C=O) groups is 1. The molecule has 0 spiro atoms. The zero-order valence-corrected chi connectivity index (χ0v) is 15.0. The molecular formula is C19H22ClN3O2. The lowest BCUT2D eigenvalue weighted by molar-refractivity contribution is 0.204. The molecule has 0 radical (unpaired) electrons. The van der Waals surface area contributed by atoms with E-state index in [0.29, 0.717) is 29.5 Å². The fourth-order valence-electron chi connectivity index (χ4n) is 2.85. The number of para-hydroxylation sites is 1. The molecule has 132 valence electrons. The van der Waals surface area contributed by atoms with Crippen LogP contribution in [0.5, 0.6) is 11.5 Å². The minimum absolute atomic E-state index is 0.264. The summed E-state index contributed by atoms with van der Waals surface area (Å²) < 4.78 is 6.00. The molecule has 6 heteroatoms. The monoisotopic (exact) mass is 359 g/mol. The number of rotatable bonds is 4. The van der Waals surface area contributed by atoms with E-state index in [0.717, 1.165) is 30.6 Å². The number of hydrogen-bond acceptors (Lipinski definition) is 3. The maximum Gasteiger partial charge on any atom is 0.339 e. The summed E-state index contributed by atoms with van der Waals surface area (Å²) in [5.41, 5.74) is 1.55. The largest absolute Gasteiger partial charge is 0.455 e. The van der Waals surface area contributed by atoms with Crippen molar-refractivity contribution in [1.82, 2.24) is 5.01 Å². The zero-order valence-electron chi connectivity index (χ0n) is 14.2. The van der Waals surface area contributed by atoms with Crippen LogP contribution in [0.3, 0.4) is 0 Å². The Balaban J connectivity index is 1.94. The Morgan fingerprint density at radius 3 is 2.84 bits per heavy atom. The van der Waals surface area contributed by atoms with Crippen LogP contribution in [0.4, 0.5) is 10.5 Å². The molecular weight excluding hydrogens is 338 g/mol. The Hall–Kier alpha value is -2.24. The number of hydrazine groups is 1. The molecule has 25 heavy (non-hydrogen) atoms. The second kappa shape index (κ2) is 7.76. The fourth-order valence-corrected chi connectivity index (χ4v) is 3.02. The molecule has 2 N–H and O–H groups in total. The summed E-state index contributed by atoms with van der Waals surface area (Å²) >= 11 is 6.15. The number of amides is 2. The van der Waals surface area contributed by atoms with E-state index in [4.69, 9.17) is 22.2 Å². The van der Waals surface area contributed by atoms with Crippen LogP contribution in [0, 0.1) is 0 Å². The molecule has 1 aliphatic heterocycles. The van der Waals surface area contributed by atoms with Gasteiger partial charge in [-0.05, 0) is 30.7 Å². The van der Waals surface area contributed by atoms with Gasteiger partial charge >= 0.3 is 6.03 Å². The molecule has 3 rings (SSSR count). The average Bonchev–Trinajstić information content (AvgIpc) is 2.77. The number of ether oxygens (including phenoxy) is 1. The topological polar surface area (TPSA) is 58.8 Å². The van der Waals surface area contributed by atoms with Crippen molar-refractivity contribution in [2.45, 2.75) is 32.7 Å². The highest BCUT2D eigenvalue weighted by Crippen LogP contribution is 2.40. The van der Waals surface area contributed by atoms with Gasteiger partial charge in [0.15, 0.2) is 5.75 Å². The Labute approximate surface area is 152 Å². The molecule has 0 fully saturated rings. The van der Waals surface area contributed by atoms with Gasteiger partial charge in [0, 0.05) is 17.1 Å². The van der Waals surface area contributed by atoms with E-state index in [9.17, 15) is 4.79 Å². The molecule has 2 amide bonds. The van der Waals surface area contributed by atoms with E-state index in [1.54, 1.807) is 23.1 Å². The van der Waals surface area contributed by atoms with Crippen LogP contribution >= 0.6 is 11.6 Å². The van der Waals surface area contributed by atoms with Crippen molar-refractivity contribution in [3.63, 3.8) is 0 Å². The zero-order chi connectivity index (χ0) is 17.8. The minimum atomic E-state index is -0.264. The van der Waals surface area contributed by atoms with Gasteiger partial charge in [0.05, 0.1) is 12.2 Å². The molecule has 5 nitrogen and oxygen atoms in total. The number of nitrogens with zero attached hydrogens (tertiary/aromatic N) is 2. The lowest BCUT2D eigenvalue weighted by Crippen LogP contribution is -2.47. The standard InChI is InChI=1S/C19H22ClN3O2/c1-2-3-6-11-23(21)19(24)22-13-14-7-4-5-8-17(14)25-18-10-9-15(20)12-16(18)22/h4-5,7-10,12H,2-3,6,11,13,21H2,1H3. The third-order valence-electron chi connectivity index (χ3n) is 4.21. The molecule has 1 heterocycles. The molecule has 0 atom stereocenters. The van der Waals surface area contributed by atoms with Crippen LogP contribution in [-0.2, 0) is 6.54 Å². The Morgan fingerprint density at radius 1 is 1.24 bits per heavy atom. The summed E-state index contributed by atoms with van der Waals surface area (Å²) in [6.45, 7) is 3.01. The van der Waals surface area contributed by atoms with Crippen molar-refractivity contribution in [1.29, 1.82) is 0 Å². The quantitative estimate of drug-likeness (QED) is 0.364. The number of carbonyl (C=O) groups excluding carboxylic acids is 1. The number of anilines is 1. The molecule has 0 aromatic heterocycles. The molecule has 0 aliphatic carbocycles. The maximum absolute atomic E-state index is 13.0. The average molecular weight is 360 g/mol. The van der Waals surface area contributed by atoms with Gasteiger partial charge in [0.1, 0.15) is 5.75 Å². The summed E-state index contributed by atoms with van der Waals surface area (Å²) in [6, 6.07) is 12.7. The van der Waals surface area contributed by atoms with Crippen LogP contribution in [0.15, 0.2) is 42.5 Å². The van der Waals surface area contributed by atoms with Gasteiger partial charge in [0.2, 0.25) is 0 Å². The summed E-state index contributed by atoms with van der Waals surface area (Å²) in [6.07, 6.45) is 2.99. The van der Waals surface area contributed by atoms with Crippen LogP contribution in [0.25, 0.3) is 0 Å². The van der Waals surface area contributed by atoms with Gasteiger partial charge < -0.3 is 4.74 Å². The first-order valence-electron chi connectivity index (χ1n) is 8.49. The highest BCUT2D eigenvalue weighted by molar-refractivity contribution is 6.31. The highest BCUT2D eigenvalue weighted by atomic mass is 35.5. The fraction of sp³-hybridized carbons (Fsp3) is 0.316. The number of fused-ring (bicyclic) bond motifs is 2. The van der Waals surface area contributed by atoms with Crippen molar-refractivity contribution in [2.75, 3.05) is 11.4 Å². The molecule has 2 aromatic rings. The number of hydrogen-bond donors (Lipinski definition) is 1. The molecule has 0 bridgehead atoms. The van der Waals surface area contributed by atoms with E-state index >= 15 is 0 Å². The van der Waals surface area contributed by atoms with Crippen LogP contribution in [-0.4, -0.2) is 17.6 Å². The summed E-state index contributed by atoms with van der Waals surface area (Å²) in [7, 11) is 0. The van der Waals surface area contributed by atoms with Crippen LogP contribution in [0.1, 0.15) is 31.7 Å². The molecule has 2 aromatic carbocycles. The summed E-state index contributed by atoms with van der Waals surface area (Å²) in [5, 5.41) is 1.81. The van der Waals surface area contributed by atoms with Gasteiger partial charge in [-0.3, -0.25) is 9.91 Å². The van der Waals surface area contributed by atoms with E-state index in [-0.39, 0.29) is 6.03 Å². The van der Waals surface area contributed by atoms with E-state index < -0.39 is 0 Å². The Kier molecular flexibility index (Phi) is 5.46. The first-order valence-corrected chi connectivity index (χ1v) is 8.87. The van der Waals surface area contributed by atoms with Crippen molar-refractivity contribution in [2.24, 2.45) is 5.84 Å². The molecule has 1 aliphatic rings. The number of nitrogens with two attached hydrogens (primary N) is 1. The Bertz CT molecular complexity index is 766. The van der Waals surface area contributed by atoms with Crippen molar-refractivity contribution < 1.29 is 9.53 Å². The number of unbranched alkanes of at least 4 members (excludes halogenated alkanes) is 2. The van der Waals surface area contributed by atoms with Crippen LogP contribution < -0.4 is 15.5 Å². The van der Waals surface area contributed by atoms with Gasteiger partial charge in [-0.15, -0.1) is 0 Å². The van der Waals surface area contributed by atoms with Crippen molar-refractivity contribution >= 4 is 23.3 Å². The minimum Gasteiger partial charge on any atom is -0.455 e. The molecule has 0 unspecified atom stereocenters. The second-order valence-electron chi connectivity index (χ2n) is 6.09. The second-order valence-corrected chi connectivity index (χ2v) is 6.53. The Morgan fingerprint density at radius 2 is 2.04 bits per heavy atom. The van der Waals surface area contributed by atoms with Crippen molar-refractivity contribution in [3.8, 4) is 11.5 Å². The summed E-state index contributed by atoms with van der Waals surface area (Å²) in [5.74, 6) is 7.34. The van der Waals surface area contributed by atoms with Crippen LogP contribution in [0.2, 0.25) is 5.02 Å². The highest BCUT2D eigenvalue weighted by Gasteiger charge is 2.27. The molecule has 0 saturated carbocycles. The lowest BCUT2D eigenvalue weighted by Gasteiger charge is -2.27. The first-order chi connectivity index (χ1) is 12.1. The van der Waals surface area contributed by atoms with E-state index in [1.165, 1.54) is 5.01 Å². The van der Waals surface area contributed by atoms with Gasteiger partial charge in [-0.1, -0.05) is 49.6 Å². The third kappa shape index (κ3) is 3.89. The maximum atomic E-state index is 13.0. The number of halogens is 1. The predicted octanol–water partition coefficient (Wildman–Crippen LogP) is 4.94. The van der Waals surface area contributed by atoms with Gasteiger partial charge in [-0.2, -0.15) is 0 Å². The number of benzene rings is 2. The predicted molar refractivity (Wildman–Crippen MR) is 100.0 cm³/mol. The SMILES string of the molecule is CCCCCN(N)C(=O)N1Cc2ccccc2Oc2ccc(Cl)cc21. The third-order valence-corrected chi connectivity index (χ3v) is 4.45. The van der Waals surface area contributed by atoms with E-state index in [1.807, 2.05) is 24.3 Å². The van der Waals surface area contributed by atoms with Crippen molar-refractivity contribution in [3.05, 3.63) is 53.1 Å². The van der Waals surface area contributed by atoms with Gasteiger partial charge in [-0.25, -0.2) is 10.6 Å². The lowest BCUT2D eigenvalue weighted by atomic mass is 10.2. The molecule has 0 saturated heterocycles. The van der Waals surface area contributed by atoms with Gasteiger partial charge in [0.25, 0.3) is 0 Å². The van der Waals surface area contributed by atoms with E-state index in [2.05, 4.69) is 6.92 Å². The summed E-state index contributed by atoms with van der Waals surface area (Å²) in [4.78, 5) is 14.6. The first kappa shape index (κ1) is 17.6. The normalized spacial score (nSPS) is 12.7.